The van der Waals surface area contributed by atoms with Gasteiger partial charge in [-0.2, -0.15) is 5.10 Å². The number of nitrogens with zero attached hydrogens (tertiary/aromatic N) is 4. The summed E-state index contributed by atoms with van der Waals surface area (Å²) in [5.41, 5.74) is 4.72. The molecule has 2 aromatic heterocycles. The molecule has 7 nitrogen and oxygen atoms in total. The van der Waals surface area contributed by atoms with Crippen molar-refractivity contribution in [3.8, 4) is 0 Å². The first-order chi connectivity index (χ1) is 15.0. The van der Waals surface area contributed by atoms with Crippen LogP contribution in [0.15, 0.2) is 65.8 Å². The lowest BCUT2D eigenvalue weighted by atomic mass is 10.1. The van der Waals surface area contributed by atoms with E-state index in [0.29, 0.717) is 37.1 Å². The number of hydrogen-bond acceptors (Lipinski definition) is 4. The molecule has 2 aromatic carbocycles. The van der Waals surface area contributed by atoms with Crippen LogP contribution in [0.4, 0.5) is 0 Å². The topological polar surface area (TPSA) is 81.8 Å². The van der Waals surface area contributed by atoms with Gasteiger partial charge in [0, 0.05) is 6.54 Å². The summed E-state index contributed by atoms with van der Waals surface area (Å²) in [5.74, 6) is -0.0458. The van der Waals surface area contributed by atoms with Crippen molar-refractivity contribution in [3.05, 3.63) is 93.7 Å². The second kappa shape index (κ2) is 8.95. The Balaban J connectivity index is 1.40. The highest BCUT2D eigenvalue weighted by atomic mass is 16.1. The molecule has 0 spiro atoms. The molecule has 7 heteroatoms. The van der Waals surface area contributed by atoms with Crippen LogP contribution >= 0.6 is 0 Å². The number of carbonyl (C=O) groups excluding carboxylic acids is 1. The Morgan fingerprint density at radius 3 is 2.48 bits per heavy atom. The van der Waals surface area contributed by atoms with Gasteiger partial charge in [-0.05, 0) is 25.0 Å². The minimum Gasteiger partial charge on any atom is -0.354 e. The lowest BCUT2D eigenvalue weighted by Crippen LogP contribution is -2.29. The molecule has 0 saturated carbocycles. The Labute approximate surface area is 180 Å². The van der Waals surface area contributed by atoms with Crippen LogP contribution in [0.3, 0.4) is 0 Å². The molecule has 1 N–H and O–H groups in total. The van der Waals surface area contributed by atoms with E-state index in [2.05, 4.69) is 21.5 Å². The maximum Gasteiger partial charge on any atom is 0.264 e. The summed E-state index contributed by atoms with van der Waals surface area (Å²) in [5, 5.41) is 7.68. The Morgan fingerprint density at radius 2 is 1.74 bits per heavy atom. The Bertz CT molecular complexity index is 1290. The van der Waals surface area contributed by atoms with Crippen LogP contribution in [0.5, 0.6) is 0 Å². The molecule has 0 saturated heterocycles. The van der Waals surface area contributed by atoms with Gasteiger partial charge >= 0.3 is 0 Å². The third-order valence-corrected chi connectivity index (χ3v) is 5.15. The van der Waals surface area contributed by atoms with Crippen LogP contribution in [-0.2, 0) is 24.3 Å². The molecule has 0 aliphatic rings. The van der Waals surface area contributed by atoms with Gasteiger partial charge in [-0.1, -0.05) is 59.7 Å². The minimum atomic E-state index is -0.124. The van der Waals surface area contributed by atoms with Gasteiger partial charge in [0.25, 0.3) is 5.56 Å². The van der Waals surface area contributed by atoms with Crippen molar-refractivity contribution in [3.63, 3.8) is 0 Å². The van der Waals surface area contributed by atoms with E-state index in [1.54, 1.807) is 21.8 Å². The van der Waals surface area contributed by atoms with Crippen LogP contribution in [-0.4, -0.2) is 31.8 Å². The molecular formula is C24H25N5O2. The lowest BCUT2D eigenvalue weighted by molar-refractivity contribution is -0.120. The first-order valence-electron chi connectivity index (χ1n) is 10.3. The first-order valence-corrected chi connectivity index (χ1v) is 10.3. The molecule has 0 fully saturated rings. The van der Waals surface area contributed by atoms with Crippen LogP contribution < -0.4 is 10.9 Å². The number of aromatic nitrogens is 4. The molecule has 0 aliphatic heterocycles. The highest BCUT2D eigenvalue weighted by Gasteiger charge is 2.11. The number of rotatable bonds is 7. The predicted octanol–water partition coefficient (Wildman–Crippen LogP) is 2.62. The van der Waals surface area contributed by atoms with E-state index in [1.165, 1.54) is 0 Å². The van der Waals surface area contributed by atoms with Crippen molar-refractivity contribution < 1.29 is 4.79 Å². The zero-order valence-electron chi connectivity index (χ0n) is 17.7. The van der Waals surface area contributed by atoms with E-state index in [-0.39, 0.29) is 11.5 Å². The van der Waals surface area contributed by atoms with Gasteiger partial charge in [-0.3, -0.25) is 14.2 Å². The summed E-state index contributed by atoms with van der Waals surface area (Å²) in [4.78, 5) is 29.5. The maximum atomic E-state index is 12.8. The normalized spacial score (nSPS) is 11.0. The van der Waals surface area contributed by atoms with Gasteiger partial charge in [0.05, 0.1) is 25.7 Å². The smallest absolute Gasteiger partial charge is 0.264 e. The third-order valence-electron chi connectivity index (χ3n) is 5.15. The van der Waals surface area contributed by atoms with Crippen molar-refractivity contribution in [1.29, 1.82) is 0 Å². The summed E-state index contributed by atoms with van der Waals surface area (Å²) in [6.07, 6.45) is 3.44. The predicted molar refractivity (Wildman–Crippen MR) is 120 cm³/mol. The summed E-state index contributed by atoms with van der Waals surface area (Å²) in [6, 6.07) is 16.0. The fourth-order valence-corrected chi connectivity index (χ4v) is 3.65. The number of nitrogens with one attached hydrogen (secondary N) is 1. The van der Waals surface area contributed by atoms with E-state index in [4.69, 9.17) is 0 Å². The van der Waals surface area contributed by atoms with E-state index in [1.807, 2.05) is 56.3 Å². The maximum absolute atomic E-state index is 12.8. The Hall–Kier alpha value is -3.74. The van der Waals surface area contributed by atoms with Gasteiger partial charge in [0.15, 0.2) is 5.65 Å². The number of amides is 1. The van der Waals surface area contributed by atoms with Crippen molar-refractivity contribution >= 4 is 16.9 Å². The first kappa shape index (κ1) is 20.5. The lowest BCUT2D eigenvalue weighted by Gasteiger charge is -2.08. The number of fused-ring (bicyclic) bond motifs is 1. The van der Waals surface area contributed by atoms with Crippen LogP contribution in [0, 0.1) is 13.8 Å². The second-order valence-corrected chi connectivity index (χ2v) is 7.79. The van der Waals surface area contributed by atoms with Crippen molar-refractivity contribution in [2.75, 3.05) is 6.54 Å². The molecule has 31 heavy (non-hydrogen) atoms. The highest BCUT2D eigenvalue weighted by Crippen LogP contribution is 2.09. The Kier molecular flexibility index (Phi) is 5.93. The molecule has 158 valence electrons. The molecule has 0 atom stereocenters. The molecule has 1 amide bonds. The summed E-state index contributed by atoms with van der Waals surface area (Å²) in [6.45, 7) is 5.35. The van der Waals surface area contributed by atoms with Gasteiger partial charge < -0.3 is 5.32 Å². The minimum absolute atomic E-state index is 0.0458. The molecule has 0 bridgehead atoms. The average Bonchev–Trinajstić information content (AvgIpc) is 3.14. The number of aryl methyl sites for hydroxylation is 2. The zero-order chi connectivity index (χ0) is 21.8. The number of carbonyl (C=O) groups is 1. The standard InChI is InChI=1S/C24H25N5O2/c1-17-5-3-7-19(11-17)13-22(30)25-9-10-29-23-21(14-27-29)24(31)28(16-26-23)15-20-8-4-6-18(2)12-20/h3-8,11-12,14,16H,9-10,13,15H2,1-2H3,(H,25,30). The largest absolute Gasteiger partial charge is 0.354 e. The van der Waals surface area contributed by atoms with Gasteiger partial charge in [-0.25, -0.2) is 9.67 Å². The summed E-state index contributed by atoms with van der Waals surface area (Å²) in [7, 11) is 0. The molecule has 0 radical (unpaired) electrons. The van der Waals surface area contributed by atoms with Crippen molar-refractivity contribution in [2.45, 2.75) is 33.4 Å². The van der Waals surface area contributed by atoms with Gasteiger partial charge in [0.2, 0.25) is 5.91 Å². The number of benzene rings is 2. The quantitative estimate of drug-likeness (QED) is 0.503. The van der Waals surface area contributed by atoms with Crippen LogP contribution in [0.25, 0.3) is 11.0 Å². The van der Waals surface area contributed by atoms with E-state index in [0.717, 1.165) is 22.3 Å². The van der Waals surface area contributed by atoms with E-state index >= 15 is 0 Å². The monoisotopic (exact) mass is 415 g/mol. The fourth-order valence-electron chi connectivity index (χ4n) is 3.65. The van der Waals surface area contributed by atoms with Crippen molar-refractivity contribution in [2.24, 2.45) is 0 Å². The zero-order valence-corrected chi connectivity index (χ0v) is 17.7. The summed E-state index contributed by atoms with van der Waals surface area (Å²) >= 11 is 0. The SMILES string of the molecule is Cc1cccc(CC(=O)NCCn2ncc3c(=O)n(Cc4cccc(C)c4)cnc32)c1. The molecule has 2 heterocycles. The Morgan fingerprint density at radius 1 is 1.03 bits per heavy atom. The molecule has 4 aromatic rings. The van der Waals surface area contributed by atoms with E-state index < -0.39 is 0 Å². The third kappa shape index (κ3) is 4.88. The molecular weight excluding hydrogens is 390 g/mol. The molecule has 0 unspecified atom stereocenters. The fraction of sp³-hybridized carbons (Fsp3) is 0.250. The molecule has 4 rings (SSSR count). The molecule has 0 aliphatic carbocycles. The number of hydrogen-bond donors (Lipinski definition) is 1. The average molecular weight is 415 g/mol. The summed E-state index contributed by atoms with van der Waals surface area (Å²) < 4.78 is 3.24. The second-order valence-electron chi connectivity index (χ2n) is 7.79. The van der Waals surface area contributed by atoms with Crippen LogP contribution in [0.1, 0.15) is 22.3 Å². The van der Waals surface area contributed by atoms with Gasteiger partial charge in [-0.15, -0.1) is 0 Å². The van der Waals surface area contributed by atoms with E-state index in [9.17, 15) is 9.59 Å². The van der Waals surface area contributed by atoms with Crippen LogP contribution in [0.2, 0.25) is 0 Å². The van der Waals surface area contributed by atoms with Crippen molar-refractivity contribution in [1.82, 2.24) is 24.6 Å². The highest BCUT2D eigenvalue weighted by molar-refractivity contribution is 5.78. The van der Waals surface area contributed by atoms with Gasteiger partial charge in [0.1, 0.15) is 11.7 Å².